The summed E-state index contributed by atoms with van der Waals surface area (Å²) in [6.07, 6.45) is 2.77. The lowest BCUT2D eigenvalue weighted by Crippen LogP contribution is -2.23. The van der Waals surface area contributed by atoms with Crippen molar-refractivity contribution in [3.8, 4) is 11.4 Å². The van der Waals surface area contributed by atoms with Crippen LogP contribution in [0.25, 0.3) is 22.4 Å². The summed E-state index contributed by atoms with van der Waals surface area (Å²) in [5.74, 6) is 0.0898. The summed E-state index contributed by atoms with van der Waals surface area (Å²) in [6, 6.07) is 18.2. The molecule has 1 unspecified atom stereocenters. The second-order valence-corrected chi connectivity index (χ2v) is 10.2. The Morgan fingerprint density at radius 3 is 2.49 bits per heavy atom. The molecule has 5 rings (SSSR count). The van der Waals surface area contributed by atoms with Crippen LogP contribution in [0.3, 0.4) is 0 Å². The molecule has 2 aromatic heterocycles. The molecule has 0 bridgehead atoms. The van der Waals surface area contributed by atoms with E-state index in [-0.39, 0.29) is 22.7 Å². The number of rotatable bonds is 8. The predicted octanol–water partition coefficient (Wildman–Crippen LogP) is 6.58. The van der Waals surface area contributed by atoms with Gasteiger partial charge in [-0.3, -0.25) is 4.79 Å². The molecule has 0 fully saturated rings. The van der Waals surface area contributed by atoms with Gasteiger partial charge in [0.05, 0.1) is 17.1 Å². The van der Waals surface area contributed by atoms with Gasteiger partial charge in [-0.2, -0.15) is 0 Å². The van der Waals surface area contributed by atoms with Crippen LogP contribution >= 0.6 is 0 Å². The predicted molar refractivity (Wildman–Crippen MR) is 150 cm³/mol. The number of imidazole rings is 1. The topological polar surface area (TPSA) is 74.0 Å². The van der Waals surface area contributed by atoms with Crippen LogP contribution in [0.2, 0.25) is 0 Å². The Balaban J connectivity index is 1.79. The number of nitrogens with two attached hydrogens (primary N) is 1. The molecule has 2 heterocycles. The van der Waals surface area contributed by atoms with E-state index in [9.17, 15) is 13.6 Å². The summed E-state index contributed by atoms with van der Waals surface area (Å²) in [5.41, 5.74) is 9.16. The summed E-state index contributed by atoms with van der Waals surface area (Å²) in [7, 11) is 0. The Morgan fingerprint density at radius 2 is 1.79 bits per heavy atom. The normalized spacial score (nSPS) is 12.4. The molecule has 1 atom stereocenters. The van der Waals surface area contributed by atoms with Crippen LogP contribution < -0.4 is 11.2 Å². The van der Waals surface area contributed by atoms with Crippen molar-refractivity contribution < 1.29 is 13.2 Å². The number of nitrogens with zero attached hydrogens (tertiary/aromatic N) is 2. The van der Waals surface area contributed by atoms with E-state index in [0.717, 1.165) is 11.3 Å². The molecule has 0 spiro atoms. The monoisotopic (exact) mass is 527 g/mol. The van der Waals surface area contributed by atoms with Crippen molar-refractivity contribution in [2.45, 2.75) is 39.7 Å². The van der Waals surface area contributed by atoms with Crippen LogP contribution in [0.4, 0.5) is 8.78 Å². The molecule has 0 amide bonds. The summed E-state index contributed by atoms with van der Waals surface area (Å²) in [4.78, 5) is 18.7. The number of hydrogen-bond donors (Lipinski definition) is 1. The van der Waals surface area contributed by atoms with Gasteiger partial charge in [-0.25, -0.2) is 13.8 Å². The number of benzene rings is 3. The van der Waals surface area contributed by atoms with Gasteiger partial charge >= 0.3 is 0 Å². The lowest BCUT2D eigenvalue weighted by atomic mass is 9.93. The van der Waals surface area contributed by atoms with Crippen molar-refractivity contribution in [2.24, 2.45) is 11.7 Å². The van der Waals surface area contributed by atoms with Gasteiger partial charge in [-0.05, 0) is 48.7 Å². The van der Waals surface area contributed by atoms with Crippen LogP contribution in [-0.2, 0) is 12.8 Å². The maximum Gasteiger partial charge on any atom is 0.196 e. The first-order valence-corrected chi connectivity index (χ1v) is 13.1. The van der Waals surface area contributed by atoms with E-state index in [1.165, 1.54) is 24.3 Å². The minimum absolute atomic E-state index is 0.0670. The Morgan fingerprint density at radius 1 is 1.03 bits per heavy atom. The Kier molecular flexibility index (Phi) is 7.44. The van der Waals surface area contributed by atoms with E-state index in [1.54, 1.807) is 13.0 Å². The molecule has 200 valence electrons. The lowest BCUT2D eigenvalue weighted by Gasteiger charge is -2.26. The molecule has 7 heteroatoms. The maximum absolute atomic E-state index is 14.7. The van der Waals surface area contributed by atoms with Crippen LogP contribution in [0.15, 0.2) is 82.1 Å². The average molecular weight is 528 g/mol. The third-order valence-electron chi connectivity index (χ3n) is 7.02. The molecule has 3 aromatic carbocycles. The molecule has 0 saturated heterocycles. The lowest BCUT2D eigenvalue weighted by molar-refractivity contribution is 0.359. The van der Waals surface area contributed by atoms with E-state index in [2.05, 4.69) is 0 Å². The highest BCUT2D eigenvalue weighted by atomic mass is 19.1. The fourth-order valence-electron chi connectivity index (χ4n) is 5.05. The summed E-state index contributed by atoms with van der Waals surface area (Å²) in [5, 5.41) is 0.323. The van der Waals surface area contributed by atoms with Crippen LogP contribution in [-0.4, -0.2) is 16.1 Å². The highest BCUT2D eigenvalue weighted by molar-refractivity contribution is 5.77. The molecule has 39 heavy (non-hydrogen) atoms. The molecule has 2 N–H and O–H groups in total. The van der Waals surface area contributed by atoms with Gasteiger partial charge in [0, 0.05) is 36.2 Å². The Labute approximate surface area is 225 Å². The zero-order valence-corrected chi connectivity index (χ0v) is 22.2. The second kappa shape index (κ2) is 10.9. The zero-order valence-electron chi connectivity index (χ0n) is 22.2. The minimum atomic E-state index is -0.489. The molecule has 0 aliphatic heterocycles. The molecule has 0 aliphatic carbocycles. The van der Waals surface area contributed by atoms with E-state index in [4.69, 9.17) is 15.1 Å². The van der Waals surface area contributed by atoms with Crippen molar-refractivity contribution >= 4 is 11.0 Å². The van der Waals surface area contributed by atoms with Crippen molar-refractivity contribution in [3.05, 3.63) is 123 Å². The number of fused-ring (bicyclic) bond motifs is 1. The van der Waals surface area contributed by atoms with Crippen molar-refractivity contribution in [3.63, 3.8) is 0 Å². The third-order valence-corrected chi connectivity index (χ3v) is 7.02. The number of hydrogen-bond acceptors (Lipinski definition) is 4. The quantitative estimate of drug-likeness (QED) is 0.247. The first-order valence-electron chi connectivity index (χ1n) is 13.1. The van der Waals surface area contributed by atoms with Crippen molar-refractivity contribution in [2.75, 3.05) is 6.54 Å². The average Bonchev–Trinajstić information content (AvgIpc) is 3.31. The smallest absolute Gasteiger partial charge is 0.196 e. The molecule has 5 aromatic rings. The van der Waals surface area contributed by atoms with Gasteiger partial charge in [0.1, 0.15) is 28.8 Å². The van der Waals surface area contributed by atoms with Gasteiger partial charge in [0.15, 0.2) is 5.43 Å². The Bertz CT molecular complexity index is 1690. The first-order chi connectivity index (χ1) is 18.8. The first kappa shape index (κ1) is 26.5. The van der Waals surface area contributed by atoms with E-state index in [1.807, 2.05) is 61.0 Å². The summed E-state index contributed by atoms with van der Waals surface area (Å²) in [6.45, 7) is 6.15. The largest absolute Gasteiger partial charge is 0.458 e. The molecule has 0 saturated carbocycles. The fourth-order valence-corrected chi connectivity index (χ4v) is 5.05. The fraction of sp³-hybridized carbons (Fsp3) is 0.250. The van der Waals surface area contributed by atoms with E-state index >= 15 is 0 Å². The molecular weight excluding hydrogens is 496 g/mol. The molecule has 0 radical (unpaired) electrons. The minimum Gasteiger partial charge on any atom is -0.458 e. The SMILES string of the molecule is Cc1ccc(-c2nc(CCN)cn2C(c2oc3cc(F)ccc3c(=O)c2Cc2ccccc2)C(C)C)cc1F. The van der Waals surface area contributed by atoms with Gasteiger partial charge in [0.25, 0.3) is 0 Å². The van der Waals surface area contributed by atoms with E-state index in [0.29, 0.717) is 53.0 Å². The number of halogens is 2. The third kappa shape index (κ3) is 5.27. The maximum atomic E-state index is 14.7. The van der Waals surface area contributed by atoms with Crippen molar-refractivity contribution in [1.29, 1.82) is 0 Å². The van der Waals surface area contributed by atoms with Gasteiger partial charge < -0.3 is 14.7 Å². The standard InChI is InChI=1S/C32H31F2N3O2/c1-19(2)29(37-18-24(13-14-35)36-32(37)22-10-9-20(3)27(34)16-22)31-26(15-21-7-5-4-6-8-21)30(38)25-12-11-23(33)17-28(25)39-31/h4-12,16-19,29H,13-15,35H2,1-3H3. The van der Waals surface area contributed by atoms with Gasteiger partial charge in [0.2, 0.25) is 0 Å². The molecular formula is C32H31F2N3O2. The number of aryl methyl sites for hydroxylation is 1. The van der Waals surface area contributed by atoms with Crippen LogP contribution in [0.1, 0.15) is 48.0 Å². The van der Waals surface area contributed by atoms with Crippen LogP contribution in [0, 0.1) is 24.5 Å². The highest BCUT2D eigenvalue weighted by Crippen LogP contribution is 2.36. The van der Waals surface area contributed by atoms with Gasteiger partial charge in [-0.15, -0.1) is 0 Å². The number of aromatic nitrogens is 2. The summed E-state index contributed by atoms with van der Waals surface area (Å²) >= 11 is 0. The molecule has 5 nitrogen and oxygen atoms in total. The van der Waals surface area contributed by atoms with Crippen LogP contribution in [0.5, 0.6) is 0 Å². The second-order valence-electron chi connectivity index (χ2n) is 10.2. The molecule has 0 aliphatic rings. The Hall–Kier alpha value is -4.10. The highest BCUT2D eigenvalue weighted by Gasteiger charge is 2.30. The van der Waals surface area contributed by atoms with E-state index < -0.39 is 11.9 Å². The van der Waals surface area contributed by atoms with Gasteiger partial charge in [-0.1, -0.05) is 56.3 Å². The zero-order chi connectivity index (χ0) is 27.7. The van der Waals surface area contributed by atoms with Crippen molar-refractivity contribution in [1.82, 2.24) is 9.55 Å². The summed E-state index contributed by atoms with van der Waals surface area (Å²) < 4.78 is 37.3.